The number of carbonyl (C=O) groups excluding carboxylic acids is 1. The zero-order valence-corrected chi connectivity index (χ0v) is 14.0. The molecule has 3 N–H and O–H groups in total. The second kappa shape index (κ2) is 7.29. The summed E-state index contributed by atoms with van der Waals surface area (Å²) in [5.41, 5.74) is 6.10. The zero-order valence-electron chi connectivity index (χ0n) is 12.4. The Morgan fingerprint density at radius 1 is 1.39 bits per heavy atom. The fourth-order valence-electron chi connectivity index (χ4n) is 2.64. The summed E-state index contributed by atoms with van der Waals surface area (Å²) in [5.74, 6) is 0.618. The highest BCUT2D eigenvalue weighted by Crippen LogP contribution is 2.27. The monoisotopic (exact) mass is 356 g/mol. The maximum Gasteiger partial charge on any atom is 0.246 e. The minimum atomic E-state index is -0.754. The van der Waals surface area contributed by atoms with Crippen molar-refractivity contribution < 1.29 is 9.32 Å². The maximum absolute atomic E-state index is 12.1. The summed E-state index contributed by atoms with van der Waals surface area (Å²) < 4.78 is 5.15. The molecule has 0 bridgehead atoms. The molecular formula is C15H18Cl2N4O2. The lowest BCUT2D eigenvalue weighted by Crippen LogP contribution is -2.51. The number of nitrogens with one attached hydrogen (secondary N) is 1. The van der Waals surface area contributed by atoms with Crippen LogP contribution in [0.4, 0.5) is 0 Å². The molecule has 1 aliphatic rings. The molecule has 0 spiro atoms. The lowest BCUT2D eigenvalue weighted by Gasteiger charge is -2.21. The molecule has 1 saturated carbocycles. The van der Waals surface area contributed by atoms with Gasteiger partial charge in [-0.1, -0.05) is 41.7 Å². The van der Waals surface area contributed by atoms with Gasteiger partial charge in [0, 0.05) is 10.6 Å². The van der Waals surface area contributed by atoms with Gasteiger partial charge in [-0.3, -0.25) is 4.79 Å². The summed E-state index contributed by atoms with van der Waals surface area (Å²) in [4.78, 5) is 16.4. The molecule has 0 unspecified atom stereocenters. The van der Waals surface area contributed by atoms with Gasteiger partial charge in [0.25, 0.3) is 0 Å². The number of nitrogens with zero attached hydrogens (tertiary/aromatic N) is 2. The van der Waals surface area contributed by atoms with Crippen LogP contribution in [0.25, 0.3) is 11.4 Å². The van der Waals surface area contributed by atoms with Crippen LogP contribution in [-0.4, -0.2) is 21.6 Å². The van der Waals surface area contributed by atoms with Gasteiger partial charge in [-0.15, -0.1) is 12.4 Å². The molecule has 1 aromatic heterocycles. The van der Waals surface area contributed by atoms with Gasteiger partial charge in [0.05, 0.1) is 12.1 Å². The summed E-state index contributed by atoms with van der Waals surface area (Å²) in [6, 6.07) is 7.18. The molecule has 1 aromatic carbocycles. The van der Waals surface area contributed by atoms with Gasteiger partial charge in [-0.2, -0.15) is 4.98 Å². The van der Waals surface area contributed by atoms with Crippen molar-refractivity contribution in [2.75, 3.05) is 0 Å². The first-order chi connectivity index (χ1) is 10.6. The summed E-state index contributed by atoms with van der Waals surface area (Å²) >= 11 is 5.94. The minimum Gasteiger partial charge on any atom is -0.345 e. The topological polar surface area (TPSA) is 94.0 Å². The summed E-state index contributed by atoms with van der Waals surface area (Å²) in [6.45, 7) is 0.172. The van der Waals surface area contributed by atoms with Crippen LogP contribution in [-0.2, 0) is 11.3 Å². The molecule has 1 fully saturated rings. The van der Waals surface area contributed by atoms with Crippen molar-refractivity contribution in [3.63, 3.8) is 0 Å². The van der Waals surface area contributed by atoms with Crippen molar-refractivity contribution >= 4 is 29.9 Å². The predicted octanol–water partition coefficient (Wildman–Crippen LogP) is 2.70. The molecule has 0 saturated heterocycles. The van der Waals surface area contributed by atoms with Crippen LogP contribution in [0.3, 0.4) is 0 Å². The van der Waals surface area contributed by atoms with Crippen molar-refractivity contribution in [3.8, 4) is 11.4 Å². The van der Waals surface area contributed by atoms with Crippen LogP contribution in [0.1, 0.15) is 31.6 Å². The number of hydrogen-bond donors (Lipinski definition) is 2. The quantitative estimate of drug-likeness (QED) is 0.877. The number of hydrogen-bond acceptors (Lipinski definition) is 5. The average Bonchev–Trinajstić information content (AvgIpc) is 3.14. The van der Waals surface area contributed by atoms with E-state index in [-0.39, 0.29) is 24.9 Å². The molecule has 1 aliphatic carbocycles. The Balaban J connectivity index is 0.00000192. The van der Waals surface area contributed by atoms with Crippen molar-refractivity contribution in [2.24, 2.45) is 5.73 Å². The first-order valence-corrected chi connectivity index (χ1v) is 7.60. The van der Waals surface area contributed by atoms with Crippen LogP contribution in [0, 0.1) is 0 Å². The van der Waals surface area contributed by atoms with Gasteiger partial charge in [0.1, 0.15) is 0 Å². The lowest BCUT2D eigenvalue weighted by atomic mass is 9.98. The molecule has 8 heteroatoms. The van der Waals surface area contributed by atoms with Crippen LogP contribution in [0.5, 0.6) is 0 Å². The normalized spacial score (nSPS) is 15.9. The number of rotatable bonds is 4. The number of carbonyl (C=O) groups is 1. The first kappa shape index (κ1) is 17.7. The van der Waals surface area contributed by atoms with E-state index in [9.17, 15) is 4.79 Å². The molecule has 2 aromatic rings. The third kappa shape index (κ3) is 4.02. The maximum atomic E-state index is 12.1. The molecule has 0 aliphatic heterocycles. The van der Waals surface area contributed by atoms with Crippen LogP contribution in [0.2, 0.25) is 5.02 Å². The van der Waals surface area contributed by atoms with Gasteiger partial charge in [0.2, 0.25) is 17.6 Å². The van der Waals surface area contributed by atoms with E-state index in [0.717, 1.165) is 31.2 Å². The number of halogens is 2. The van der Waals surface area contributed by atoms with E-state index < -0.39 is 5.54 Å². The Kier molecular flexibility index (Phi) is 5.62. The Morgan fingerprint density at radius 2 is 2.13 bits per heavy atom. The summed E-state index contributed by atoms with van der Waals surface area (Å²) in [5, 5.41) is 7.26. The second-order valence-corrected chi connectivity index (χ2v) is 6.00. The second-order valence-electron chi connectivity index (χ2n) is 5.57. The smallest absolute Gasteiger partial charge is 0.246 e. The van der Waals surface area contributed by atoms with Crippen LogP contribution in [0.15, 0.2) is 28.8 Å². The van der Waals surface area contributed by atoms with E-state index in [2.05, 4.69) is 15.5 Å². The fourth-order valence-corrected chi connectivity index (χ4v) is 2.83. The average molecular weight is 357 g/mol. The van der Waals surface area contributed by atoms with Gasteiger partial charge in [0.15, 0.2) is 0 Å². The van der Waals surface area contributed by atoms with Crippen molar-refractivity contribution in [2.45, 2.75) is 37.8 Å². The number of aromatic nitrogens is 2. The van der Waals surface area contributed by atoms with E-state index >= 15 is 0 Å². The standard InChI is InChI=1S/C15H17ClN4O2.ClH/c16-11-5-3-4-10(8-11)13-19-12(22-20-13)9-18-14(21)15(17)6-1-2-7-15;/h3-5,8H,1-2,6-7,9,17H2,(H,18,21);1H. The Bertz CT molecular complexity index is 684. The molecule has 0 radical (unpaired) electrons. The fraction of sp³-hybridized carbons (Fsp3) is 0.400. The highest BCUT2D eigenvalue weighted by atomic mass is 35.5. The van der Waals surface area contributed by atoms with Gasteiger partial charge < -0.3 is 15.6 Å². The minimum absolute atomic E-state index is 0. The van der Waals surface area contributed by atoms with E-state index in [4.69, 9.17) is 21.9 Å². The highest BCUT2D eigenvalue weighted by Gasteiger charge is 2.36. The molecule has 1 heterocycles. The van der Waals surface area contributed by atoms with E-state index in [1.165, 1.54) is 0 Å². The predicted molar refractivity (Wildman–Crippen MR) is 89.2 cm³/mol. The SMILES string of the molecule is Cl.NC1(C(=O)NCc2nc(-c3cccc(Cl)c3)no2)CCCC1. The van der Waals surface area contributed by atoms with E-state index in [0.29, 0.717) is 16.7 Å². The number of benzene rings is 1. The third-order valence-corrected chi connectivity index (χ3v) is 4.13. The molecular weight excluding hydrogens is 339 g/mol. The molecule has 6 nitrogen and oxygen atoms in total. The Morgan fingerprint density at radius 3 is 2.83 bits per heavy atom. The van der Waals surface area contributed by atoms with E-state index in [1.54, 1.807) is 12.1 Å². The summed E-state index contributed by atoms with van der Waals surface area (Å²) in [6.07, 6.45) is 3.42. The van der Waals surface area contributed by atoms with Crippen molar-refractivity contribution in [1.29, 1.82) is 0 Å². The van der Waals surface area contributed by atoms with E-state index in [1.807, 2.05) is 12.1 Å². The molecule has 0 atom stereocenters. The largest absolute Gasteiger partial charge is 0.345 e. The molecule has 124 valence electrons. The van der Waals surface area contributed by atoms with Crippen LogP contribution < -0.4 is 11.1 Å². The van der Waals surface area contributed by atoms with Crippen LogP contribution >= 0.6 is 24.0 Å². The van der Waals surface area contributed by atoms with Crippen molar-refractivity contribution in [3.05, 3.63) is 35.2 Å². The molecule has 1 amide bonds. The van der Waals surface area contributed by atoms with Gasteiger partial charge in [-0.25, -0.2) is 0 Å². The molecule has 23 heavy (non-hydrogen) atoms. The van der Waals surface area contributed by atoms with Crippen molar-refractivity contribution in [1.82, 2.24) is 15.5 Å². The summed E-state index contributed by atoms with van der Waals surface area (Å²) in [7, 11) is 0. The van der Waals surface area contributed by atoms with Gasteiger partial charge in [-0.05, 0) is 25.0 Å². The molecule has 3 rings (SSSR count). The highest BCUT2D eigenvalue weighted by molar-refractivity contribution is 6.30. The third-order valence-electron chi connectivity index (χ3n) is 3.90. The first-order valence-electron chi connectivity index (χ1n) is 7.22. The number of amides is 1. The Labute approximate surface area is 145 Å². The zero-order chi connectivity index (χ0) is 15.6. The lowest BCUT2D eigenvalue weighted by molar-refractivity contribution is -0.126. The Hall–Kier alpha value is -1.63. The van der Waals surface area contributed by atoms with Gasteiger partial charge >= 0.3 is 0 Å². The number of nitrogens with two attached hydrogens (primary N) is 1.